The van der Waals surface area contributed by atoms with Crippen LogP contribution in [0.25, 0.3) is 0 Å². The molecule has 3 N–H and O–H groups in total. The number of rotatable bonds is 7. The topological polar surface area (TPSA) is 126 Å². The number of fused-ring (bicyclic) bond motifs is 2. The SMILES string of the molecule is CCN1CCCOc2ccc(C)c(c2)CNC(=O)[C@H](CCc2ccccc2)NC(=O)[C@@H](NC(=O)OCc2ccccc2)CCCCC1=O. The van der Waals surface area contributed by atoms with E-state index in [1.807, 2.05) is 97.6 Å². The number of hydrogen-bond donors (Lipinski definition) is 3. The smallest absolute Gasteiger partial charge is 0.408 e. The van der Waals surface area contributed by atoms with Gasteiger partial charge >= 0.3 is 6.09 Å². The molecule has 3 aromatic rings. The normalized spacial score (nSPS) is 18.5. The van der Waals surface area contributed by atoms with Crippen LogP contribution < -0.4 is 20.7 Å². The van der Waals surface area contributed by atoms with Crippen LogP contribution in [0, 0.1) is 6.92 Å². The van der Waals surface area contributed by atoms with Gasteiger partial charge in [0.25, 0.3) is 0 Å². The summed E-state index contributed by atoms with van der Waals surface area (Å²) in [5.74, 6) is -0.0774. The van der Waals surface area contributed by atoms with Crippen LogP contribution in [0.3, 0.4) is 0 Å². The molecule has 0 saturated heterocycles. The van der Waals surface area contributed by atoms with E-state index in [1.54, 1.807) is 0 Å². The van der Waals surface area contributed by atoms with Crippen LogP contribution in [-0.4, -0.2) is 60.5 Å². The number of ether oxygens (including phenoxy) is 2. The van der Waals surface area contributed by atoms with Crippen molar-refractivity contribution in [3.8, 4) is 5.75 Å². The first-order chi connectivity index (χ1) is 23.3. The van der Waals surface area contributed by atoms with Gasteiger partial charge in [0.05, 0.1) is 6.61 Å². The summed E-state index contributed by atoms with van der Waals surface area (Å²) in [6, 6.07) is 23.0. The van der Waals surface area contributed by atoms with Gasteiger partial charge in [-0.05, 0) is 80.3 Å². The summed E-state index contributed by atoms with van der Waals surface area (Å²) in [4.78, 5) is 55.1. The Labute approximate surface area is 283 Å². The van der Waals surface area contributed by atoms with Crippen molar-refractivity contribution in [2.45, 2.75) is 84.0 Å². The Morgan fingerprint density at radius 2 is 1.67 bits per heavy atom. The van der Waals surface area contributed by atoms with Gasteiger partial charge in [0.2, 0.25) is 17.7 Å². The van der Waals surface area contributed by atoms with Crippen LogP contribution >= 0.6 is 0 Å². The molecule has 0 unspecified atom stereocenters. The van der Waals surface area contributed by atoms with E-state index >= 15 is 0 Å². The average molecular weight is 657 g/mol. The maximum absolute atomic E-state index is 13.8. The molecule has 2 bridgehead atoms. The molecule has 10 nitrogen and oxygen atoms in total. The molecule has 256 valence electrons. The fraction of sp³-hybridized carbons (Fsp3) is 0.421. The Balaban J connectivity index is 1.53. The standard InChI is InChI=1S/C38H48N4O6/c1-3-42-23-12-24-47-32-21-19-28(2)31(25-32)26-39-36(44)34(22-20-29-13-6-4-7-14-29)40-37(45)33(17-10-11-18-35(42)43)41-38(46)48-27-30-15-8-5-9-16-30/h4-9,13-16,19,21,25,33-34H,3,10-12,17-18,20,22-24,26-27H2,1-2H3,(H,39,44)(H,40,45)(H,41,46)/t33-,34-/m0/s1. The molecule has 2 atom stereocenters. The van der Waals surface area contributed by atoms with Gasteiger partial charge in [-0.25, -0.2) is 4.79 Å². The number of benzene rings is 3. The van der Waals surface area contributed by atoms with Crippen LogP contribution in [0.4, 0.5) is 4.79 Å². The number of hydrogen-bond acceptors (Lipinski definition) is 6. The van der Waals surface area contributed by atoms with Crippen LogP contribution in [0.15, 0.2) is 78.9 Å². The first kappa shape index (κ1) is 36.0. The maximum atomic E-state index is 13.8. The Bertz CT molecular complexity index is 1480. The third-order valence-electron chi connectivity index (χ3n) is 8.50. The second kappa shape index (κ2) is 19.1. The van der Waals surface area contributed by atoms with Gasteiger partial charge in [0, 0.05) is 26.1 Å². The number of nitrogens with zero attached hydrogens (tertiary/aromatic N) is 1. The number of carbonyl (C=O) groups excluding carboxylic acids is 4. The lowest BCUT2D eigenvalue weighted by atomic mass is 10.0. The second-order valence-corrected chi connectivity index (χ2v) is 12.1. The molecule has 4 amide bonds. The summed E-state index contributed by atoms with van der Waals surface area (Å²) in [6.45, 7) is 5.86. The van der Waals surface area contributed by atoms with Gasteiger partial charge in [-0.3, -0.25) is 14.4 Å². The predicted molar refractivity (Wildman–Crippen MR) is 184 cm³/mol. The zero-order valence-electron chi connectivity index (χ0n) is 28.0. The van der Waals surface area contributed by atoms with Crippen LogP contribution in [-0.2, 0) is 38.7 Å². The summed E-state index contributed by atoms with van der Waals surface area (Å²) < 4.78 is 11.4. The van der Waals surface area contributed by atoms with Crippen LogP contribution in [0.5, 0.6) is 5.75 Å². The Kier molecular flexibility index (Phi) is 14.3. The molecular formula is C38H48N4O6. The lowest BCUT2D eigenvalue weighted by molar-refractivity contribution is -0.131. The van der Waals surface area contributed by atoms with E-state index in [4.69, 9.17) is 9.47 Å². The Hall–Kier alpha value is -4.86. The largest absolute Gasteiger partial charge is 0.494 e. The van der Waals surface area contributed by atoms with Crippen molar-refractivity contribution >= 4 is 23.8 Å². The molecule has 0 aromatic heterocycles. The van der Waals surface area contributed by atoms with Crippen molar-refractivity contribution < 1.29 is 28.7 Å². The maximum Gasteiger partial charge on any atom is 0.408 e. The minimum absolute atomic E-state index is 0.0402. The molecule has 1 heterocycles. The minimum Gasteiger partial charge on any atom is -0.494 e. The van der Waals surface area contributed by atoms with Crippen molar-refractivity contribution in [2.75, 3.05) is 19.7 Å². The van der Waals surface area contributed by atoms with E-state index in [0.29, 0.717) is 64.0 Å². The molecule has 1 aliphatic rings. The van der Waals surface area contributed by atoms with Gasteiger partial charge in [0.1, 0.15) is 24.4 Å². The Morgan fingerprint density at radius 3 is 2.40 bits per heavy atom. The van der Waals surface area contributed by atoms with E-state index in [0.717, 1.165) is 22.3 Å². The van der Waals surface area contributed by atoms with Gasteiger partial charge in [-0.15, -0.1) is 0 Å². The highest BCUT2D eigenvalue weighted by molar-refractivity contribution is 5.91. The summed E-state index contributed by atoms with van der Waals surface area (Å²) in [5.41, 5.74) is 3.75. The summed E-state index contributed by atoms with van der Waals surface area (Å²) in [6.07, 6.45) is 2.53. The fourth-order valence-electron chi connectivity index (χ4n) is 5.59. The summed E-state index contributed by atoms with van der Waals surface area (Å²) in [5, 5.41) is 8.63. The van der Waals surface area contributed by atoms with E-state index in [-0.39, 0.29) is 31.4 Å². The zero-order chi connectivity index (χ0) is 34.1. The van der Waals surface area contributed by atoms with Gasteiger partial charge in [0.15, 0.2) is 0 Å². The molecule has 48 heavy (non-hydrogen) atoms. The predicted octanol–water partition coefficient (Wildman–Crippen LogP) is 5.22. The van der Waals surface area contributed by atoms with Crippen LogP contribution in [0.1, 0.15) is 67.7 Å². The monoisotopic (exact) mass is 656 g/mol. The number of alkyl carbamates (subject to hydrolysis) is 1. The molecule has 3 aromatic carbocycles. The van der Waals surface area contributed by atoms with Crippen molar-refractivity contribution in [1.82, 2.24) is 20.9 Å². The molecule has 10 heteroatoms. The molecule has 1 aliphatic heterocycles. The van der Waals surface area contributed by atoms with E-state index in [9.17, 15) is 19.2 Å². The number of amides is 4. The second-order valence-electron chi connectivity index (χ2n) is 12.1. The summed E-state index contributed by atoms with van der Waals surface area (Å²) in [7, 11) is 0. The lowest BCUT2D eigenvalue weighted by Gasteiger charge is -2.24. The molecule has 0 saturated carbocycles. The third kappa shape index (κ3) is 11.7. The molecule has 4 rings (SSSR count). The quantitative estimate of drug-likeness (QED) is 0.321. The highest BCUT2D eigenvalue weighted by Gasteiger charge is 2.27. The van der Waals surface area contributed by atoms with Gasteiger partial charge < -0.3 is 30.3 Å². The molecular weight excluding hydrogens is 608 g/mol. The van der Waals surface area contributed by atoms with Crippen molar-refractivity contribution in [2.24, 2.45) is 0 Å². The number of nitrogens with one attached hydrogen (secondary N) is 3. The number of aryl methyl sites for hydroxylation is 2. The van der Waals surface area contributed by atoms with Crippen molar-refractivity contribution in [1.29, 1.82) is 0 Å². The van der Waals surface area contributed by atoms with E-state index in [2.05, 4.69) is 16.0 Å². The summed E-state index contributed by atoms with van der Waals surface area (Å²) >= 11 is 0. The third-order valence-corrected chi connectivity index (χ3v) is 8.50. The fourth-order valence-corrected chi connectivity index (χ4v) is 5.59. The molecule has 0 spiro atoms. The highest BCUT2D eigenvalue weighted by atomic mass is 16.5. The Morgan fingerprint density at radius 1 is 0.938 bits per heavy atom. The molecule has 0 aliphatic carbocycles. The zero-order valence-corrected chi connectivity index (χ0v) is 28.0. The highest BCUT2D eigenvalue weighted by Crippen LogP contribution is 2.18. The van der Waals surface area contributed by atoms with Crippen LogP contribution in [0.2, 0.25) is 0 Å². The van der Waals surface area contributed by atoms with E-state index in [1.165, 1.54) is 0 Å². The van der Waals surface area contributed by atoms with Gasteiger partial charge in [-0.1, -0.05) is 73.2 Å². The van der Waals surface area contributed by atoms with Crippen molar-refractivity contribution in [3.63, 3.8) is 0 Å². The lowest BCUT2D eigenvalue weighted by Crippen LogP contribution is -2.53. The van der Waals surface area contributed by atoms with Crippen molar-refractivity contribution in [3.05, 3.63) is 101 Å². The first-order valence-electron chi connectivity index (χ1n) is 16.9. The minimum atomic E-state index is -0.959. The first-order valence-corrected chi connectivity index (χ1v) is 16.9. The average Bonchev–Trinajstić information content (AvgIpc) is 3.10. The van der Waals surface area contributed by atoms with E-state index < -0.39 is 24.1 Å². The van der Waals surface area contributed by atoms with Gasteiger partial charge in [-0.2, -0.15) is 0 Å². The number of carbonyl (C=O) groups is 4. The molecule has 0 radical (unpaired) electrons. The molecule has 0 fully saturated rings.